The van der Waals surface area contributed by atoms with Gasteiger partial charge in [0.15, 0.2) is 0 Å². The van der Waals surface area contributed by atoms with Gasteiger partial charge in [0.05, 0.1) is 10.6 Å². The molecule has 0 spiro atoms. The number of carbonyl (C=O) groups excluding carboxylic acids is 2. The molecule has 2 N–H and O–H groups in total. The first-order chi connectivity index (χ1) is 15.1. The number of carbonyl (C=O) groups is 2. The van der Waals surface area contributed by atoms with E-state index >= 15 is 0 Å². The Morgan fingerprint density at radius 3 is 2.34 bits per heavy atom. The highest BCUT2D eigenvalue weighted by atomic mass is 35.5. The number of alkyl halides is 3. The Balaban J connectivity index is 1.40. The van der Waals surface area contributed by atoms with Crippen LogP contribution in [0.4, 0.5) is 19.0 Å². The number of aromatic nitrogens is 1. The summed E-state index contributed by atoms with van der Waals surface area (Å²) in [6.07, 6.45) is -2.72. The van der Waals surface area contributed by atoms with Gasteiger partial charge < -0.3 is 15.5 Å². The average Bonchev–Trinajstić information content (AvgIpc) is 2.77. The molecule has 1 aromatic carbocycles. The summed E-state index contributed by atoms with van der Waals surface area (Å²) < 4.78 is 37.9. The summed E-state index contributed by atoms with van der Waals surface area (Å²) in [6, 6.07) is 7.48. The van der Waals surface area contributed by atoms with E-state index in [1.165, 1.54) is 0 Å². The molecule has 1 saturated heterocycles. The van der Waals surface area contributed by atoms with E-state index in [0.29, 0.717) is 42.7 Å². The Hall–Kier alpha value is -2.52. The minimum absolute atomic E-state index is 0.0920. The number of likely N-dealkylation sites (tertiary alicyclic amines) is 1. The van der Waals surface area contributed by atoms with Crippen molar-refractivity contribution in [2.24, 2.45) is 5.92 Å². The minimum atomic E-state index is -4.52. The number of benzene rings is 1. The van der Waals surface area contributed by atoms with Crippen LogP contribution in [0, 0.1) is 5.92 Å². The van der Waals surface area contributed by atoms with Crippen molar-refractivity contribution in [1.29, 1.82) is 0 Å². The summed E-state index contributed by atoms with van der Waals surface area (Å²) in [7, 11) is 0. The van der Waals surface area contributed by atoms with Gasteiger partial charge in [-0.25, -0.2) is 4.98 Å². The molecule has 0 bridgehead atoms. The molecule has 2 aromatic rings. The third kappa shape index (κ3) is 6.26. The van der Waals surface area contributed by atoms with Crippen molar-refractivity contribution in [2.45, 2.75) is 19.0 Å². The summed E-state index contributed by atoms with van der Waals surface area (Å²) in [5.41, 5.74) is -0.374. The highest BCUT2D eigenvalue weighted by molar-refractivity contribution is 6.33. The predicted molar refractivity (Wildman–Crippen MR) is 116 cm³/mol. The van der Waals surface area contributed by atoms with E-state index in [1.807, 2.05) is 0 Å². The van der Waals surface area contributed by atoms with Crippen molar-refractivity contribution < 1.29 is 22.8 Å². The number of amides is 2. The number of hydrogen-bond acceptors (Lipinski definition) is 4. The predicted octanol–water partition coefficient (Wildman–Crippen LogP) is 4.49. The summed E-state index contributed by atoms with van der Waals surface area (Å²) in [5.74, 6) is -0.317. The molecule has 2 heterocycles. The number of nitrogens with one attached hydrogen (secondary N) is 2. The summed E-state index contributed by atoms with van der Waals surface area (Å²) >= 11 is 11.7. The van der Waals surface area contributed by atoms with Crippen LogP contribution in [-0.4, -0.2) is 47.9 Å². The molecule has 1 aliphatic heterocycles. The molecule has 0 saturated carbocycles. The number of anilines is 1. The van der Waals surface area contributed by atoms with E-state index < -0.39 is 11.7 Å². The second kappa shape index (κ2) is 10.4. The lowest BCUT2D eigenvalue weighted by Crippen LogP contribution is -2.43. The van der Waals surface area contributed by atoms with Crippen LogP contribution in [0.5, 0.6) is 0 Å². The van der Waals surface area contributed by atoms with E-state index in [1.54, 1.807) is 29.2 Å². The molecule has 6 nitrogen and oxygen atoms in total. The maximum Gasteiger partial charge on any atom is 0.417 e. The van der Waals surface area contributed by atoms with Gasteiger partial charge in [-0.05, 0) is 43.2 Å². The Kier molecular flexibility index (Phi) is 7.84. The van der Waals surface area contributed by atoms with Gasteiger partial charge in [0.1, 0.15) is 5.82 Å². The van der Waals surface area contributed by atoms with Crippen molar-refractivity contribution in [3.05, 3.63) is 57.7 Å². The maximum atomic E-state index is 12.6. The molecule has 0 radical (unpaired) electrons. The van der Waals surface area contributed by atoms with Crippen LogP contribution in [-0.2, 0) is 11.0 Å². The Morgan fingerprint density at radius 1 is 1.09 bits per heavy atom. The topological polar surface area (TPSA) is 74.3 Å². The first-order valence-corrected chi connectivity index (χ1v) is 10.7. The molecule has 1 aliphatic rings. The molecular formula is C21H21Cl2F3N4O2. The first kappa shape index (κ1) is 24.1. The minimum Gasteiger partial charge on any atom is -0.367 e. The zero-order valence-corrected chi connectivity index (χ0v) is 18.4. The average molecular weight is 489 g/mol. The second-order valence-electron chi connectivity index (χ2n) is 7.34. The van der Waals surface area contributed by atoms with Gasteiger partial charge in [0.2, 0.25) is 5.91 Å². The molecule has 0 unspecified atom stereocenters. The number of rotatable bonds is 6. The first-order valence-electron chi connectivity index (χ1n) is 9.94. The van der Waals surface area contributed by atoms with E-state index in [9.17, 15) is 22.8 Å². The molecule has 2 amide bonds. The van der Waals surface area contributed by atoms with Crippen molar-refractivity contribution in [3.63, 3.8) is 0 Å². The summed E-state index contributed by atoms with van der Waals surface area (Å²) in [5, 5.41) is 6.00. The van der Waals surface area contributed by atoms with E-state index in [4.69, 9.17) is 23.2 Å². The van der Waals surface area contributed by atoms with Crippen molar-refractivity contribution in [1.82, 2.24) is 15.2 Å². The largest absolute Gasteiger partial charge is 0.417 e. The van der Waals surface area contributed by atoms with Crippen molar-refractivity contribution in [3.8, 4) is 0 Å². The number of piperidine rings is 1. The van der Waals surface area contributed by atoms with Crippen LogP contribution < -0.4 is 10.6 Å². The van der Waals surface area contributed by atoms with E-state index in [0.717, 1.165) is 6.07 Å². The van der Waals surface area contributed by atoms with Gasteiger partial charge in [-0.3, -0.25) is 9.59 Å². The van der Waals surface area contributed by atoms with Gasteiger partial charge in [0, 0.05) is 48.9 Å². The van der Waals surface area contributed by atoms with Crippen molar-refractivity contribution >= 4 is 40.8 Å². The van der Waals surface area contributed by atoms with Crippen LogP contribution in [0.25, 0.3) is 0 Å². The van der Waals surface area contributed by atoms with Gasteiger partial charge in [0.25, 0.3) is 5.91 Å². The molecule has 172 valence electrons. The second-order valence-corrected chi connectivity index (χ2v) is 8.19. The standard InChI is InChI=1S/C21H21Cl2F3N4O2/c22-16-3-1-14(2-4-16)20(32)30-9-5-13(6-10-30)19(31)28-8-7-27-18-17(23)11-15(12-29-18)21(24,25)26/h1-4,11-13H,5-10H2,(H,27,29)(H,28,31). The quantitative estimate of drug-likeness (QED) is 0.587. The fraction of sp³-hybridized carbons (Fsp3) is 0.381. The third-order valence-corrected chi connectivity index (χ3v) is 5.67. The van der Waals surface area contributed by atoms with Crippen molar-refractivity contribution in [2.75, 3.05) is 31.5 Å². The van der Waals surface area contributed by atoms with Gasteiger partial charge in [-0.15, -0.1) is 0 Å². The molecule has 1 fully saturated rings. The zero-order chi connectivity index (χ0) is 23.3. The van der Waals surface area contributed by atoms with Crippen LogP contribution in [0.1, 0.15) is 28.8 Å². The lowest BCUT2D eigenvalue weighted by atomic mass is 9.95. The lowest BCUT2D eigenvalue weighted by Gasteiger charge is -2.31. The smallest absolute Gasteiger partial charge is 0.367 e. The number of halogens is 5. The SMILES string of the molecule is O=C(NCCNc1ncc(C(F)(F)F)cc1Cl)C1CCN(C(=O)c2ccc(Cl)cc2)CC1. The molecule has 0 aliphatic carbocycles. The fourth-order valence-corrected chi connectivity index (χ4v) is 3.71. The van der Waals surface area contributed by atoms with E-state index in [2.05, 4.69) is 15.6 Å². The van der Waals surface area contributed by atoms with Gasteiger partial charge in [-0.2, -0.15) is 13.2 Å². The van der Waals surface area contributed by atoms with E-state index in [-0.39, 0.29) is 41.7 Å². The third-order valence-electron chi connectivity index (χ3n) is 5.13. The molecule has 0 atom stereocenters. The number of nitrogens with zero attached hydrogens (tertiary/aromatic N) is 2. The molecule has 32 heavy (non-hydrogen) atoms. The van der Waals surface area contributed by atoms with Crippen LogP contribution in [0.3, 0.4) is 0 Å². The Labute approximate surface area is 193 Å². The molecule has 3 rings (SSSR count). The lowest BCUT2D eigenvalue weighted by molar-refractivity contribution is -0.137. The highest BCUT2D eigenvalue weighted by Crippen LogP contribution is 2.32. The van der Waals surface area contributed by atoms with Crippen LogP contribution >= 0.6 is 23.2 Å². The normalized spacial score (nSPS) is 14.8. The monoisotopic (exact) mass is 488 g/mol. The maximum absolute atomic E-state index is 12.6. The highest BCUT2D eigenvalue weighted by Gasteiger charge is 2.31. The van der Waals surface area contributed by atoms with Gasteiger partial charge >= 0.3 is 6.18 Å². The van der Waals surface area contributed by atoms with Gasteiger partial charge in [-0.1, -0.05) is 23.2 Å². The number of pyridine rings is 1. The Bertz CT molecular complexity index is 963. The fourth-order valence-electron chi connectivity index (χ4n) is 3.35. The van der Waals surface area contributed by atoms with Crippen LogP contribution in [0.15, 0.2) is 36.5 Å². The molecular weight excluding hydrogens is 468 g/mol. The summed E-state index contributed by atoms with van der Waals surface area (Å²) in [6.45, 7) is 1.45. The van der Waals surface area contributed by atoms with Crippen LogP contribution in [0.2, 0.25) is 10.0 Å². The molecule has 1 aromatic heterocycles. The zero-order valence-electron chi connectivity index (χ0n) is 16.9. The number of hydrogen-bond donors (Lipinski definition) is 2. The molecule has 11 heteroatoms. The summed E-state index contributed by atoms with van der Waals surface area (Å²) in [4.78, 5) is 30.3. The Morgan fingerprint density at radius 2 is 1.75 bits per heavy atom.